The van der Waals surface area contributed by atoms with E-state index in [0.717, 1.165) is 5.56 Å². The highest BCUT2D eigenvalue weighted by molar-refractivity contribution is 6.30. The number of carbonyl (C=O) groups is 1. The minimum Gasteiger partial charge on any atom is -0.386 e. The van der Waals surface area contributed by atoms with Crippen molar-refractivity contribution in [2.45, 2.75) is 6.54 Å². The van der Waals surface area contributed by atoms with E-state index in [2.05, 4.69) is 10.6 Å². The molecule has 2 N–H and O–H groups in total. The molecular formula is C17H13ClN4O3. The van der Waals surface area contributed by atoms with E-state index in [4.69, 9.17) is 16.9 Å². The number of nitrogens with one attached hydrogen (secondary N) is 2. The summed E-state index contributed by atoms with van der Waals surface area (Å²) < 4.78 is 0. The lowest BCUT2D eigenvalue weighted by Crippen LogP contribution is -2.17. The zero-order chi connectivity index (χ0) is 18.2. The molecule has 0 aliphatic heterocycles. The molecule has 0 aliphatic carbocycles. The van der Waals surface area contributed by atoms with Crippen molar-refractivity contribution in [1.29, 1.82) is 5.26 Å². The summed E-state index contributed by atoms with van der Waals surface area (Å²) in [6, 6.07) is 14.6. The standard InChI is InChI=1S/C17H13ClN4O3/c18-14-5-3-4-12(8-14)10-20-11-13(9-19)17(23)21-15-6-1-2-7-16(15)22(24)25/h1-8,11,20H,10H2,(H,21,23)/b13-11-. The molecule has 2 rings (SSSR count). The Morgan fingerprint density at radius 2 is 2.04 bits per heavy atom. The van der Waals surface area contributed by atoms with Gasteiger partial charge in [-0.3, -0.25) is 14.9 Å². The normalized spacial score (nSPS) is 10.6. The van der Waals surface area contributed by atoms with E-state index in [9.17, 15) is 14.9 Å². The Kier molecular flexibility index (Phi) is 6.09. The summed E-state index contributed by atoms with van der Waals surface area (Å²) in [5.41, 5.74) is 0.439. The van der Waals surface area contributed by atoms with Gasteiger partial charge in [0.25, 0.3) is 11.6 Å². The number of nitriles is 1. The maximum absolute atomic E-state index is 12.1. The zero-order valence-corrected chi connectivity index (χ0v) is 13.7. The van der Waals surface area contributed by atoms with Crippen molar-refractivity contribution in [3.05, 3.63) is 81.0 Å². The smallest absolute Gasteiger partial charge is 0.292 e. The average Bonchev–Trinajstić information content (AvgIpc) is 2.59. The Labute approximate surface area is 148 Å². The van der Waals surface area contributed by atoms with E-state index >= 15 is 0 Å². The highest BCUT2D eigenvalue weighted by Crippen LogP contribution is 2.23. The third-order valence-electron chi connectivity index (χ3n) is 3.16. The molecule has 2 aromatic carbocycles. The second-order valence-electron chi connectivity index (χ2n) is 4.91. The first-order valence-electron chi connectivity index (χ1n) is 7.14. The number of benzene rings is 2. The first kappa shape index (κ1) is 18.0. The van der Waals surface area contributed by atoms with Crippen molar-refractivity contribution in [2.75, 3.05) is 5.32 Å². The summed E-state index contributed by atoms with van der Waals surface area (Å²) >= 11 is 5.88. The number of nitrogens with zero attached hydrogens (tertiary/aromatic N) is 2. The van der Waals surface area contributed by atoms with E-state index in [0.29, 0.717) is 11.6 Å². The third-order valence-corrected chi connectivity index (χ3v) is 3.39. The van der Waals surface area contributed by atoms with E-state index in [1.54, 1.807) is 30.3 Å². The molecule has 2 aromatic rings. The molecule has 126 valence electrons. The largest absolute Gasteiger partial charge is 0.386 e. The molecule has 0 bridgehead atoms. The third kappa shape index (κ3) is 5.06. The number of halogens is 1. The van der Waals surface area contributed by atoms with Crippen LogP contribution in [0.1, 0.15) is 5.56 Å². The molecule has 0 fully saturated rings. The molecule has 0 heterocycles. The van der Waals surface area contributed by atoms with Crippen LogP contribution in [0.2, 0.25) is 5.02 Å². The van der Waals surface area contributed by atoms with Crippen molar-refractivity contribution in [1.82, 2.24) is 5.32 Å². The Balaban J connectivity index is 2.06. The molecule has 0 atom stereocenters. The van der Waals surface area contributed by atoms with Crippen molar-refractivity contribution in [3.8, 4) is 6.07 Å². The minimum atomic E-state index is -0.740. The monoisotopic (exact) mass is 356 g/mol. The molecule has 0 aromatic heterocycles. The van der Waals surface area contributed by atoms with Crippen molar-refractivity contribution in [3.63, 3.8) is 0 Å². The topological polar surface area (TPSA) is 108 Å². The van der Waals surface area contributed by atoms with Crippen LogP contribution in [0.5, 0.6) is 0 Å². The fourth-order valence-corrected chi connectivity index (χ4v) is 2.21. The van der Waals surface area contributed by atoms with E-state index in [-0.39, 0.29) is 16.9 Å². The fourth-order valence-electron chi connectivity index (χ4n) is 1.99. The molecule has 0 aliphatic rings. The summed E-state index contributed by atoms with van der Waals surface area (Å²) in [6.45, 7) is 0.366. The molecule has 0 radical (unpaired) electrons. The number of amides is 1. The van der Waals surface area contributed by atoms with E-state index in [1.807, 2.05) is 6.07 Å². The van der Waals surface area contributed by atoms with Crippen molar-refractivity contribution >= 4 is 28.9 Å². The molecule has 7 nitrogen and oxygen atoms in total. The number of para-hydroxylation sites is 2. The number of hydrogen-bond acceptors (Lipinski definition) is 5. The van der Waals surface area contributed by atoms with E-state index in [1.165, 1.54) is 24.4 Å². The van der Waals surface area contributed by atoms with Crippen LogP contribution in [0.25, 0.3) is 0 Å². The van der Waals surface area contributed by atoms with Crippen LogP contribution in [0.3, 0.4) is 0 Å². The maximum Gasteiger partial charge on any atom is 0.292 e. The van der Waals surface area contributed by atoms with Gasteiger partial charge in [-0.05, 0) is 23.8 Å². The van der Waals surface area contributed by atoms with Gasteiger partial charge >= 0.3 is 0 Å². The van der Waals surface area contributed by atoms with Gasteiger partial charge in [-0.25, -0.2) is 0 Å². The second-order valence-corrected chi connectivity index (χ2v) is 5.35. The predicted molar refractivity (Wildman–Crippen MR) is 93.7 cm³/mol. The maximum atomic E-state index is 12.1. The SMILES string of the molecule is N#C/C(=C/NCc1cccc(Cl)c1)C(=O)Nc1ccccc1[N+](=O)[O-]. The Morgan fingerprint density at radius 1 is 1.28 bits per heavy atom. The zero-order valence-electron chi connectivity index (χ0n) is 12.9. The number of carbonyl (C=O) groups excluding carboxylic acids is 1. The first-order valence-corrected chi connectivity index (χ1v) is 7.52. The van der Waals surface area contributed by atoms with Gasteiger partial charge in [0.1, 0.15) is 17.3 Å². The molecule has 0 saturated heterocycles. The molecule has 8 heteroatoms. The van der Waals surface area contributed by atoms with Gasteiger partial charge in [0.2, 0.25) is 0 Å². The van der Waals surface area contributed by atoms with Gasteiger partial charge in [-0.15, -0.1) is 0 Å². The highest BCUT2D eigenvalue weighted by Gasteiger charge is 2.17. The molecule has 0 saturated carbocycles. The van der Waals surface area contributed by atoms with Gasteiger partial charge in [-0.2, -0.15) is 5.26 Å². The minimum absolute atomic E-state index is 0.0218. The number of nitro groups is 1. The summed E-state index contributed by atoms with van der Waals surface area (Å²) in [4.78, 5) is 22.5. The first-order chi connectivity index (χ1) is 12.0. The highest BCUT2D eigenvalue weighted by atomic mass is 35.5. The summed E-state index contributed by atoms with van der Waals surface area (Å²) in [5.74, 6) is -0.740. The van der Waals surface area contributed by atoms with Gasteiger partial charge in [-0.1, -0.05) is 35.9 Å². The van der Waals surface area contributed by atoms with Gasteiger partial charge < -0.3 is 10.6 Å². The van der Waals surface area contributed by atoms with Gasteiger partial charge in [0, 0.05) is 23.8 Å². The Bertz CT molecular complexity index is 874. The summed E-state index contributed by atoms with van der Waals surface area (Å²) in [7, 11) is 0. The van der Waals surface area contributed by atoms with Crippen LogP contribution in [0.15, 0.2) is 60.3 Å². The fraction of sp³-hybridized carbons (Fsp3) is 0.0588. The molecule has 0 unspecified atom stereocenters. The van der Waals surface area contributed by atoms with Crippen LogP contribution in [-0.2, 0) is 11.3 Å². The molecule has 0 spiro atoms. The lowest BCUT2D eigenvalue weighted by molar-refractivity contribution is -0.383. The number of hydrogen-bond donors (Lipinski definition) is 2. The van der Waals surface area contributed by atoms with Crippen molar-refractivity contribution in [2.24, 2.45) is 0 Å². The average molecular weight is 357 g/mol. The van der Waals surface area contributed by atoms with Crippen molar-refractivity contribution < 1.29 is 9.72 Å². The lowest BCUT2D eigenvalue weighted by atomic mass is 10.2. The van der Waals surface area contributed by atoms with E-state index < -0.39 is 10.8 Å². The van der Waals surface area contributed by atoms with Crippen LogP contribution < -0.4 is 10.6 Å². The van der Waals surface area contributed by atoms with Crippen LogP contribution in [0, 0.1) is 21.4 Å². The number of nitro benzene ring substituents is 1. The predicted octanol–water partition coefficient (Wildman–Crippen LogP) is 3.38. The summed E-state index contributed by atoms with van der Waals surface area (Å²) in [6.07, 6.45) is 1.25. The summed E-state index contributed by atoms with van der Waals surface area (Å²) in [5, 5.41) is 25.9. The number of rotatable bonds is 6. The molecule has 25 heavy (non-hydrogen) atoms. The molecule has 1 amide bonds. The van der Waals surface area contributed by atoms with Crippen LogP contribution >= 0.6 is 11.6 Å². The number of anilines is 1. The molecular weight excluding hydrogens is 344 g/mol. The van der Waals surface area contributed by atoms with Crippen LogP contribution in [-0.4, -0.2) is 10.8 Å². The Morgan fingerprint density at radius 3 is 2.72 bits per heavy atom. The second kappa shape index (κ2) is 8.47. The van der Waals surface area contributed by atoms with Crippen LogP contribution in [0.4, 0.5) is 11.4 Å². The Hall–Kier alpha value is -3.37. The van der Waals surface area contributed by atoms with Gasteiger partial charge in [0.15, 0.2) is 0 Å². The lowest BCUT2D eigenvalue weighted by Gasteiger charge is -2.06. The quantitative estimate of drug-likeness (QED) is 0.357. The van der Waals surface area contributed by atoms with Gasteiger partial charge in [0.05, 0.1) is 4.92 Å².